The van der Waals surface area contributed by atoms with E-state index in [-0.39, 0.29) is 9.89 Å². The fourth-order valence-corrected chi connectivity index (χ4v) is 1.80. The Hall–Kier alpha value is -0.110. The van der Waals surface area contributed by atoms with E-state index >= 15 is 0 Å². The van der Waals surface area contributed by atoms with Crippen LogP contribution in [0.4, 0.5) is 0 Å². The third-order valence-corrected chi connectivity index (χ3v) is 3.33. The molecule has 0 fully saturated rings. The number of rotatable bonds is 5. The molecule has 0 aromatic heterocycles. The summed E-state index contributed by atoms with van der Waals surface area (Å²) in [5.41, 5.74) is 1.01. The van der Waals surface area contributed by atoms with Crippen molar-refractivity contribution in [2.45, 2.75) is 21.4 Å². The summed E-state index contributed by atoms with van der Waals surface area (Å²) >= 11 is 4.37. The van der Waals surface area contributed by atoms with E-state index in [4.69, 9.17) is 4.74 Å². The number of hydrogen-bond donors (Lipinski definition) is 0. The Bertz CT molecular complexity index is 374. The highest BCUT2D eigenvalue weighted by Crippen LogP contribution is 2.10. The average molecular weight is 456 g/mol. The van der Waals surface area contributed by atoms with E-state index in [1.165, 1.54) is 0 Å². The Labute approximate surface area is 129 Å². The first-order valence-electron chi connectivity index (χ1n) is 5.26. The molecule has 1 aromatic carbocycles. The summed E-state index contributed by atoms with van der Waals surface area (Å²) in [7, 11) is 0. The Morgan fingerprint density at radius 1 is 1.29 bits per heavy atom. The van der Waals surface area contributed by atoms with Gasteiger partial charge in [-0.1, -0.05) is 87.7 Å². The van der Waals surface area contributed by atoms with Crippen LogP contribution in [0.1, 0.15) is 12.5 Å². The lowest BCUT2D eigenvalue weighted by Gasteiger charge is -2.07. The van der Waals surface area contributed by atoms with Crippen LogP contribution in [-0.4, -0.2) is 13.8 Å². The highest BCUT2D eigenvalue weighted by Gasteiger charge is 2.12. The van der Waals surface area contributed by atoms with E-state index in [1.807, 2.05) is 42.5 Å². The van der Waals surface area contributed by atoms with E-state index < -0.39 is 0 Å². The molecule has 0 aliphatic carbocycles. The Balaban J connectivity index is 2.39. The molecule has 1 rings (SSSR count). The van der Waals surface area contributed by atoms with Gasteiger partial charge >= 0.3 is 5.97 Å². The molecular weight excluding hydrogens is 442 g/mol. The average Bonchev–Trinajstić information content (AvgIpc) is 2.34. The molecule has 1 aromatic rings. The number of allylic oxidation sites excluding steroid dienone is 1. The molecule has 0 aliphatic rings. The lowest BCUT2D eigenvalue weighted by Crippen LogP contribution is -2.15. The summed E-state index contributed by atoms with van der Waals surface area (Å²) in [6.07, 6.45) is 3.88. The molecule has 2 unspecified atom stereocenters. The van der Waals surface area contributed by atoms with Crippen molar-refractivity contribution in [1.82, 2.24) is 0 Å². The fraction of sp³-hybridized carbons (Fsp3) is 0.308. The van der Waals surface area contributed by atoms with Gasteiger partial charge in [0.15, 0.2) is 0 Å². The molecule has 0 heterocycles. The van der Waals surface area contributed by atoms with Crippen LogP contribution in [0.3, 0.4) is 0 Å². The second kappa shape index (κ2) is 8.07. The van der Waals surface area contributed by atoms with Crippen LogP contribution in [0.25, 0.3) is 0 Å². The number of carbonyl (C=O) groups excluding carboxylic acids is 1. The highest BCUT2D eigenvalue weighted by molar-refractivity contribution is 14.1. The minimum Gasteiger partial charge on any atom is -0.460 e. The molecule has 0 radical (unpaired) electrons. The Morgan fingerprint density at radius 3 is 2.53 bits per heavy atom. The zero-order valence-electron chi connectivity index (χ0n) is 9.48. The van der Waals surface area contributed by atoms with Crippen LogP contribution >= 0.6 is 45.2 Å². The minimum atomic E-state index is -0.214. The van der Waals surface area contributed by atoms with E-state index in [1.54, 1.807) is 0 Å². The second-order valence-corrected chi connectivity index (χ2v) is 6.86. The third kappa shape index (κ3) is 6.40. The van der Waals surface area contributed by atoms with Gasteiger partial charge in [0.2, 0.25) is 0 Å². The van der Waals surface area contributed by atoms with Gasteiger partial charge in [-0.2, -0.15) is 0 Å². The Morgan fingerprint density at radius 2 is 1.94 bits per heavy atom. The molecule has 0 N–H and O–H groups in total. The van der Waals surface area contributed by atoms with Gasteiger partial charge in [0.1, 0.15) is 10.5 Å². The zero-order valence-corrected chi connectivity index (χ0v) is 13.8. The number of hydrogen-bond acceptors (Lipinski definition) is 2. The van der Waals surface area contributed by atoms with E-state index in [0.717, 1.165) is 5.56 Å². The van der Waals surface area contributed by atoms with Gasteiger partial charge in [-0.25, -0.2) is 0 Å². The molecule has 2 atom stereocenters. The maximum absolute atomic E-state index is 11.6. The fourth-order valence-electron chi connectivity index (χ4n) is 1.14. The summed E-state index contributed by atoms with van der Waals surface area (Å²) in [5.74, 6) is -0.192. The van der Waals surface area contributed by atoms with Crippen molar-refractivity contribution in [3.8, 4) is 0 Å². The van der Waals surface area contributed by atoms with Crippen molar-refractivity contribution in [1.29, 1.82) is 0 Å². The first kappa shape index (κ1) is 14.9. The molecule has 4 heteroatoms. The van der Waals surface area contributed by atoms with Gasteiger partial charge in [0, 0.05) is 3.92 Å². The van der Waals surface area contributed by atoms with Gasteiger partial charge < -0.3 is 4.74 Å². The number of alkyl halides is 2. The Kier molecular flexibility index (Phi) is 7.10. The monoisotopic (exact) mass is 456 g/mol. The number of esters is 1. The molecule has 0 saturated carbocycles. The van der Waals surface area contributed by atoms with Crippen molar-refractivity contribution >= 4 is 51.2 Å². The van der Waals surface area contributed by atoms with Crippen LogP contribution in [0.2, 0.25) is 0 Å². The standard InChI is InChI=1S/C13H14I2O2/c1-10(14)7-8-12(15)13(16)17-9-11-5-3-2-4-6-11/h2-8,10,12H,9H2,1H3/b8-7-. The van der Waals surface area contributed by atoms with Crippen LogP contribution in [0, 0.1) is 0 Å². The summed E-state index contributed by atoms with van der Waals surface area (Å²) in [4.78, 5) is 11.6. The summed E-state index contributed by atoms with van der Waals surface area (Å²) in [6, 6.07) is 9.69. The highest BCUT2D eigenvalue weighted by atomic mass is 127. The van der Waals surface area contributed by atoms with E-state index in [2.05, 4.69) is 52.1 Å². The molecule has 2 nitrogen and oxygen atoms in total. The van der Waals surface area contributed by atoms with E-state index in [9.17, 15) is 4.79 Å². The topological polar surface area (TPSA) is 26.3 Å². The molecule has 0 amide bonds. The molecule has 0 saturated heterocycles. The van der Waals surface area contributed by atoms with Gasteiger partial charge in [-0.15, -0.1) is 0 Å². The number of carbonyl (C=O) groups is 1. The lowest BCUT2D eigenvalue weighted by molar-refractivity contribution is -0.142. The smallest absolute Gasteiger partial charge is 0.323 e. The normalized spacial score (nSPS) is 14.5. The van der Waals surface area contributed by atoms with Crippen molar-refractivity contribution < 1.29 is 9.53 Å². The largest absolute Gasteiger partial charge is 0.460 e. The van der Waals surface area contributed by atoms with Gasteiger partial charge in [-0.05, 0) is 12.5 Å². The van der Waals surface area contributed by atoms with Gasteiger partial charge in [0.05, 0.1) is 0 Å². The molecular formula is C13H14I2O2. The molecule has 0 aliphatic heterocycles. The van der Waals surface area contributed by atoms with Crippen molar-refractivity contribution in [3.63, 3.8) is 0 Å². The third-order valence-electron chi connectivity index (χ3n) is 1.99. The number of benzene rings is 1. The van der Waals surface area contributed by atoms with Gasteiger partial charge in [-0.3, -0.25) is 4.79 Å². The quantitative estimate of drug-likeness (QED) is 0.291. The SMILES string of the molecule is CC(I)/C=C\C(I)C(=O)OCc1ccccc1. The predicted molar refractivity (Wildman–Crippen MR) is 86.7 cm³/mol. The van der Waals surface area contributed by atoms with E-state index in [0.29, 0.717) is 10.5 Å². The van der Waals surface area contributed by atoms with Crippen LogP contribution in [0.5, 0.6) is 0 Å². The first-order chi connectivity index (χ1) is 8.09. The van der Waals surface area contributed by atoms with Crippen molar-refractivity contribution in [2.24, 2.45) is 0 Å². The van der Waals surface area contributed by atoms with Crippen molar-refractivity contribution in [2.75, 3.05) is 0 Å². The van der Waals surface area contributed by atoms with Crippen LogP contribution in [0.15, 0.2) is 42.5 Å². The minimum absolute atomic E-state index is 0.192. The van der Waals surface area contributed by atoms with Crippen LogP contribution in [-0.2, 0) is 16.1 Å². The maximum Gasteiger partial charge on any atom is 0.323 e. The van der Waals surface area contributed by atoms with Crippen molar-refractivity contribution in [3.05, 3.63) is 48.0 Å². The summed E-state index contributed by atoms with van der Waals surface area (Å²) < 4.78 is 5.43. The molecule has 0 spiro atoms. The summed E-state index contributed by atoms with van der Waals surface area (Å²) in [5, 5.41) is 0. The second-order valence-electron chi connectivity index (χ2n) is 3.56. The maximum atomic E-state index is 11.6. The number of halogens is 2. The molecule has 17 heavy (non-hydrogen) atoms. The lowest BCUT2D eigenvalue weighted by atomic mass is 10.2. The number of ether oxygens (including phenoxy) is 1. The van der Waals surface area contributed by atoms with Gasteiger partial charge in [0.25, 0.3) is 0 Å². The first-order valence-corrected chi connectivity index (χ1v) is 7.75. The molecule has 92 valence electrons. The molecule has 0 bridgehead atoms. The zero-order chi connectivity index (χ0) is 12.7. The summed E-state index contributed by atoms with van der Waals surface area (Å²) in [6.45, 7) is 2.41. The van der Waals surface area contributed by atoms with Crippen LogP contribution < -0.4 is 0 Å². The predicted octanol–water partition coefficient (Wildman–Crippen LogP) is 3.91.